The molecule has 5 rings (SSSR count). The van der Waals surface area contributed by atoms with Crippen LogP contribution in [0.15, 0.2) is 23.8 Å². The third-order valence-corrected chi connectivity index (χ3v) is 7.61. The molecule has 1 aromatic carbocycles. The topological polar surface area (TPSA) is 53.0 Å². The molecule has 5 heteroatoms. The molecule has 5 nitrogen and oxygen atoms in total. The zero-order valence-electron chi connectivity index (χ0n) is 16.4. The second-order valence-electron chi connectivity index (χ2n) is 8.38. The number of hydrogen-bond acceptors (Lipinski definition) is 4. The number of carbonyl (C=O) groups excluding carboxylic acids is 1. The van der Waals surface area contributed by atoms with Crippen molar-refractivity contribution in [2.45, 2.75) is 57.0 Å². The van der Waals surface area contributed by atoms with Crippen molar-refractivity contribution in [3.63, 3.8) is 0 Å². The molecule has 0 unspecified atom stereocenters. The molecule has 0 radical (unpaired) electrons. The van der Waals surface area contributed by atoms with E-state index in [9.17, 15) is 9.90 Å². The summed E-state index contributed by atoms with van der Waals surface area (Å²) in [6.07, 6.45) is 5.96. The Bertz CT molecular complexity index is 848. The van der Waals surface area contributed by atoms with E-state index in [0.29, 0.717) is 29.8 Å². The quantitative estimate of drug-likeness (QED) is 0.815. The van der Waals surface area contributed by atoms with Crippen LogP contribution >= 0.6 is 0 Å². The van der Waals surface area contributed by atoms with Gasteiger partial charge in [0, 0.05) is 23.9 Å². The molecule has 1 amide bonds. The summed E-state index contributed by atoms with van der Waals surface area (Å²) in [5.74, 6) is 1.21. The first-order valence-corrected chi connectivity index (χ1v) is 10.2. The van der Waals surface area contributed by atoms with Gasteiger partial charge in [0.2, 0.25) is 5.91 Å². The van der Waals surface area contributed by atoms with Crippen molar-refractivity contribution in [1.29, 1.82) is 0 Å². The van der Waals surface area contributed by atoms with Crippen LogP contribution in [0, 0.1) is 5.92 Å². The Hall–Kier alpha value is -2.01. The number of fused-ring (bicyclic) bond motifs is 2. The van der Waals surface area contributed by atoms with Gasteiger partial charge in [0.25, 0.3) is 0 Å². The lowest BCUT2D eigenvalue weighted by Gasteiger charge is -2.53. The molecule has 1 N–H and O–H groups in total. The second-order valence-corrected chi connectivity index (χ2v) is 8.38. The molecule has 1 aromatic rings. The number of piperidine rings is 1. The van der Waals surface area contributed by atoms with Gasteiger partial charge in [-0.25, -0.2) is 0 Å². The molecule has 4 atom stereocenters. The minimum absolute atomic E-state index is 0.0992. The Labute approximate surface area is 160 Å². The number of allylic oxidation sites excluding steroid dienone is 1. The van der Waals surface area contributed by atoms with Crippen molar-refractivity contribution in [3.05, 3.63) is 29.3 Å². The number of rotatable bonds is 2. The Kier molecular flexibility index (Phi) is 3.64. The number of phenols is 1. The molecule has 0 aromatic heterocycles. The van der Waals surface area contributed by atoms with Crippen LogP contribution in [0.4, 0.5) is 5.69 Å². The molecule has 3 heterocycles. The van der Waals surface area contributed by atoms with Crippen LogP contribution < -0.4 is 9.64 Å². The fourth-order valence-electron chi connectivity index (χ4n) is 6.62. The summed E-state index contributed by atoms with van der Waals surface area (Å²) in [5.41, 5.74) is 3.28. The third-order valence-electron chi connectivity index (χ3n) is 7.61. The molecule has 144 valence electrons. The average Bonchev–Trinajstić information content (AvgIpc) is 3.23. The molecule has 1 spiro atoms. The first-order valence-electron chi connectivity index (χ1n) is 10.2. The highest BCUT2D eigenvalue weighted by atomic mass is 16.5. The largest absolute Gasteiger partial charge is 0.503 e. The Balaban J connectivity index is 1.79. The van der Waals surface area contributed by atoms with Crippen LogP contribution in [0.3, 0.4) is 0 Å². The number of phenolic OH excluding ortho intramolecular Hbond substituents is 1. The van der Waals surface area contributed by atoms with Crippen molar-refractivity contribution in [2.24, 2.45) is 5.92 Å². The van der Waals surface area contributed by atoms with E-state index >= 15 is 0 Å². The van der Waals surface area contributed by atoms with E-state index in [0.717, 1.165) is 31.5 Å². The van der Waals surface area contributed by atoms with E-state index in [-0.39, 0.29) is 23.1 Å². The van der Waals surface area contributed by atoms with Crippen molar-refractivity contribution >= 4 is 11.6 Å². The first-order chi connectivity index (χ1) is 13.1. The number of hydrogen-bond donors (Lipinski definition) is 1. The molecule has 27 heavy (non-hydrogen) atoms. The average molecular weight is 368 g/mol. The molecule has 3 aliphatic heterocycles. The van der Waals surface area contributed by atoms with E-state index in [1.807, 2.05) is 17.9 Å². The van der Waals surface area contributed by atoms with Crippen LogP contribution in [-0.4, -0.2) is 48.2 Å². The molecule has 4 aliphatic rings. The Morgan fingerprint density at radius 3 is 2.93 bits per heavy atom. The maximum absolute atomic E-state index is 13.1. The number of carbonyl (C=O) groups is 1. The number of amides is 1. The van der Waals surface area contributed by atoms with Gasteiger partial charge in [0.1, 0.15) is 0 Å². The summed E-state index contributed by atoms with van der Waals surface area (Å²) in [5, 5.41) is 11.0. The van der Waals surface area contributed by atoms with Crippen molar-refractivity contribution < 1.29 is 14.6 Å². The minimum Gasteiger partial charge on any atom is -0.503 e. The number of aromatic hydroxyl groups is 1. The van der Waals surface area contributed by atoms with Crippen LogP contribution in [0.5, 0.6) is 11.5 Å². The van der Waals surface area contributed by atoms with E-state index in [1.54, 1.807) is 12.7 Å². The maximum atomic E-state index is 13.1. The number of anilines is 1. The molecule has 1 saturated carbocycles. The predicted molar refractivity (Wildman–Crippen MR) is 104 cm³/mol. The summed E-state index contributed by atoms with van der Waals surface area (Å²) >= 11 is 0. The molecule has 3 fully saturated rings. The number of ether oxygens (including phenoxy) is 1. The van der Waals surface area contributed by atoms with E-state index in [4.69, 9.17) is 4.74 Å². The fraction of sp³-hybridized carbons (Fsp3) is 0.591. The second kappa shape index (κ2) is 5.74. The van der Waals surface area contributed by atoms with Crippen molar-refractivity contribution in [1.82, 2.24) is 4.90 Å². The Morgan fingerprint density at radius 2 is 2.22 bits per heavy atom. The van der Waals surface area contributed by atoms with E-state index < -0.39 is 0 Å². The van der Waals surface area contributed by atoms with Gasteiger partial charge in [-0.05, 0) is 56.8 Å². The lowest BCUT2D eigenvalue weighted by atomic mass is 9.58. The number of benzene rings is 1. The summed E-state index contributed by atoms with van der Waals surface area (Å²) < 4.78 is 5.38. The molecular formula is C22H28N2O3. The van der Waals surface area contributed by atoms with Crippen LogP contribution in [0.25, 0.3) is 0 Å². The van der Waals surface area contributed by atoms with Crippen LogP contribution in [0.1, 0.15) is 45.1 Å². The van der Waals surface area contributed by atoms with Gasteiger partial charge in [-0.1, -0.05) is 24.6 Å². The standard InChI is InChI=1S/C22H28N2O3/c1-4-14-13-8-10-23-11-9-22(21(14)23)15-6-7-16(27-3)20(26)19(15)24(17(22)12-13)18(25)5-2/h4,6-7,13,17,21,26H,5,8-12H2,1-3H3/t13-,17-,21-,22-/m1/s1. The maximum Gasteiger partial charge on any atom is 0.227 e. The van der Waals surface area contributed by atoms with Crippen molar-refractivity contribution in [3.8, 4) is 11.5 Å². The fourth-order valence-corrected chi connectivity index (χ4v) is 6.62. The van der Waals surface area contributed by atoms with Gasteiger partial charge < -0.3 is 14.7 Å². The van der Waals surface area contributed by atoms with E-state index in [1.165, 1.54) is 6.42 Å². The third kappa shape index (κ3) is 1.91. The molecule has 1 aliphatic carbocycles. The molecular weight excluding hydrogens is 340 g/mol. The zero-order valence-corrected chi connectivity index (χ0v) is 16.4. The highest BCUT2D eigenvalue weighted by molar-refractivity contribution is 6.00. The smallest absolute Gasteiger partial charge is 0.227 e. The minimum atomic E-state index is -0.108. The first kappa shape index (κ1) is 17.1. The Morgan fingerprint density at radius 1 is 1.41 bits per heavy atom. The lowest BCUT2D eigenvalue weighted by molar-refractivity contribution is -0.119. The molecule has 2 bridgehead atoms. The monoisotopic (exact) mass is 368 g/mol. The van der Waals surface area contributed by atoms with Gasteiger partial charge in [-0.2, -0.15) is 0 Å². The summed E-state index contributed by atoms with van der Waals surface area (Å²) in [6, 6.07) is 4.45. The molecule has 2 saturated heterocycles. The number of methoxy groups -OCH3 is 1. The highest BCUT2D eigenvalue weighted by Gasteiger charge is 2.66. The normalized spacial score (nSPS) is 35.3. The lowest BCUT2D eigenvalue weighted by Crippen LogP contribution is -2.61. The van der Waals surface area contributed by atoms with E-state index in [2.05, 4.69) is 24.0 Å². The predicted octanol–water partition coefficient (Wildman–Crippen LogP) is 3.21. The SMILES string of the molecule is CC=C1[C@@H]2CCN3CC[C@]4(c5ccc(OC)c(O)c5N(C(=O)CC)[C@@H]4C2)[C@@H]13. The summed E-state index contributed by atoms with van der Waals surface area (Å²) in [4.78, 5) is 17.6. The van der Waals surface area contributed by atoms with Crippen LogP contribution in [0.2, 0.25) is 0 Å². The summed E-state index contributed by atoms with van der Waals surface area (Å²) in [6.45, 7) is 6.27. The van der Waals surface area contributed by atoms with Crippen LogP contribution in [-0.2, 0) is 10.2 Å². The van der Waals surface area contributed by atoms with Gasteiger partial charge in [-0.3, -0.25) is 9.69 Å². The van der Waals surface area contributed by atoms with Gasteiger partial charge >= 0.3 is 0 Å². The van der Waals surface area contributed by atoms with Gasteiger partial charge in [-0.15, -0.1) is 0 Å². The highest BCUT2D eigenvalue weighted by Crippen LogP contribution is 2.64. The van der Waals surface area contributed by atoms with Crippen molar-refractivity contribution in [2.75, 3.05) is 25.1 Å². The van der Waals surface area contributed by atoms with Gasteiger partial charge in [0.15, 0.2) is 11.5 Å². The van der Waals surface area contributed by atoms with Gasteiger partial charge in [0.05, 0.1) is 12.8 Å². The zero-order chi connectivity index (χ0) is 18.9. The summed E-state index contributed by atoms with van der Waals surface area (Å²) in [7, 11) is 1.57. The number of nitrogens with zero attached hydrogens (tertiary/aromatic N) is 2.